The first-order valence-corrected chi connectivity index (χ1v) is 5.49. The van der Waals surface area contributed by atoms with Gasteiger partial charge in [0.05, 0.1) is 6.04 Å². The normalized spacial score (nSPS) is 35.3. The van der Waals surface area contributed by atoms with Crippen LogP contribution in [0.3, 0.4) is 0 Å². The largest absolute Gasteiger partial charge is 0.337 e. The fourth-order valence-electron chi connectivity index (χ4n) is 2.37. The highest BCUT2D eigenvalue weighted by molar-refractivity contribution is 5.85. The minimum atomic E-state index is 0. The zero-order valence-corrected chi connectivity index (χ0v) is 9.93. The van der Waals surface area contributed by atoms with Crippen LogP contribution in [0.1, 0.15) is 26.2 Å². The predicted molar refractivity (Wildman–Crippen MR) is 62.0 cm³/mol. The SMILES string of the molecule is CC1C(N)CCN1C(=O)C1CCCN1.Cl. The summed E-state index contributed by atoms with van der Waals surface area (Å²) in [7, 11) is 0. The number of nitrogens with one attached hydrogen (secondary N) is 1. The van der Waals surface area contributed by atoms with Crippen molar-refractivity contribution < 1.29 is 4.79 Å². The van der Waals surface area contributed by atoms with Gasteiger partial charge in [0, 0.05) is 18.6 Å². The first-order valence-electron chi connectivity index (χ1n) is 5.49. The molecule has 3 N–H and O–H groups in total. The average Bonchev–Trinajstić information content (AvgIpc) is 2.77. The second-order valence-electron chi connectivity index (χ2n) is 4.37. The van der Waals surface area contributed by atoms with E-state index in [9.17, 15) is 4.79 Å². The second-order valence-corrected chi connectivity index (χ2v) is 4.37. The predicted octanol–water partition coefficient (Wildman–Crippen LogP) is 0.108. The van der Waals surface area contributed by atoms with Crippen LogP contribution in [0, 0.1) is 0 Å². The first-order chi connectivity index (χ1) is 6.70. The van der Waals surface area contributed by atoms with Crippen LogP contribution in [-0.4, -0.2) is 42.0 Å². The van der Waals surface area contributed by atoms with Crippen LogP contribution < -0.4 is 11.1 Å². The van der Waals surface area contributed by atoms with E-state index < -0.39 is 0 Å². The first kappa shape index (κ1) is 12.7. The molecule has 2 heterocycles. The third-order valence-corrected chi connectivity index (χ3v) is 3.46. The summed E-state index contributed by atoms with van der Waals surface area (Å²) in [6.45, 7) is 3.86. The molecule has 4 nitrogen and oxygen atoms in total. The van der Waals surface area contributed by atoms with Gasteiger partial charge in [0.25, 0.3) is 0 Å². The van der Waals surface area contributed by atoms with E-state index >= 15 is 0 Å². The molecule has 0 bridgehead atoms. The van der Waals surface area contributed by atoms with Crippen molar-refractivity contribution >= 4 is 18.3 Å². The number of halogens is 1. The minimum Gasteiger partial charge on any atom is -0.337 e. The molecular weight excluding hydrogens is 214 g/mol. The number of nitrogens with two attached hydrogens (primary N) is 1. The summed E-state index contributed by atoms with van der Waals surface area (Å²) in [4.78, 5) is 13.9. The maximum atomic E-state index is 12.0. The summed E-state index contributed by atoms with van der Waals surface area (Å²) in [6.07, 6.45) is 3.04. The van der Waals surface area contributed by atoms with Gasteiger partial charge in [0.1, 0.15) is 0 Å². The topological polar surface area (TPSA) is 58.4 Å². The molecule has 15 heavy (non-hydrogen) atoms. The van der Waals surface area contributed by atoms with Crippen LogP contribution >= 0.6 is 12.4 Å². The number of carbonyl (C=O) groups is 1. The lowest BCUT2D eigenvalue weighted by atomic mass is 10.1. The molecule has 2 saturated heterocycles. The van der Waals surface area contributed by atoms with Gasteiger partial charge in [-0.1, -0.05) is 0 Å². The van der Waals surface area contributed by atoms with Crippen molar-refractivity contribution in [1.82, 2.24) is 10.2 Å². The molecule has 0 aromatic rings. The Labute approximate surface area is 97.0 Å². The van der Waals surface area contributed by atoms with Crippen molar-refractivity contribution in [1.29, 1.82) is 0 Å². The van der Waals surface area contributed by atoms with Crippen LogP contribution in [0.25, 0.3) is 0 Å². The van der Waals surface area contributed by atoms with Crippen molar-refractivity contribution in [3.8, 4) is 0 Å². The molecule has 2 aliphatic heterocycles. The second kappa shape index (κ2) is 5.14. The fourth-order valence-corrected chi connectivity index (χ4v) is 2.37. The Balaban J connectivity index is 0.00000112. The molecule has 88 valence electrons. The molecule has 0 saturated carbocycles. The minimum absolute atomic E-state index is 0. The van der Waals surface area contributed by atoms with Gasteiger partial charge in [-0.3, -0.25) is 4.79 Å². The highest BCUT2D eigenvalue weighted by Gasteiger charge is 2.35. The van der Waals surface area contributed by atoms with Gasteiger partial charge in [-0.05, 0) is 32.7 Å². The molecule has 5 heteroatoms. The Morgan fingerprint density at radius 2 is 2.20 bits per heavy atom. The Morgan fingerprint density at radius 1 is 1.47 bits per heavy atom. The average molecular weight is 234 g/mol. The summed E-state index contributed by atoms with van der Waals surface area (Å²) in [5.41, 5.74) is 5.89. The van der Waals surface area contributed by atoms with Gasteiger partial charge >= 0.3 is 0 Å². The monoisotopic (exact) mass is 233 g/mol. The fraction of sp³-hybridized carbons (Fsp3) is 0.900. The highest BCUT2D eigenvalue weighted by atomic mass is 35.5. The van der Waals surface area contributed by atoms with Gasteiger partial charge in [-0.25, -0.2) is 0 Å². The summed E-state index contributed by atoms with van der Waals surface area (Å²) in [6, 6.07) is 0.438. The molecular formula is C10H20ClN3O. The summed E-state index contributed by atoms with van der Waals surface area (Å²) in [5.74, 6) is 0.253. The van der Waals surface area contributed by atoms with Crippen molar-refractivity contribution in [2.75, 3.05) is 13.1 Å². The molecule has 0 aliphatic carbocycles. The Morgan fingerprint density at radius 3 is 2.67 bits per heavy atom. The molecule has 0 spiro atoms. The molecule has 0 aromatic carbocycles. The molecule has 3 unspecified atom stereocenters. The van der Waals surface area contributed by atoms with Gasteiger partial charge in [0.2, 0.25) is 5.91 Å². The number of hydrogen-bond donors (Lipinski definition) is 2. The third-order valence-electron chi connectivity index (χ3n) is 3.46. The highest BCUT2D eigenvalue weighted by Crippen LogP contribution is 2.19. The molecule has 3 atom stereocenters. The van der Waals surface area contributed by atoms with E-state index in [-0.39, 0.29) is 36.4 Å². The van der Waals surface area contributed by atoms with E-state index in [2.05, 4.69) is 5.32 Å². The molecule has 0 aromatic heterocycles. The number of hydrogen-bond acceptors (Lipinski definition) is 3. The molecule has 2 fully saturated rings. The molecule has 1 amide bonds. The Kier molecular flexibility index (Phi) is 4.37. The maximum absolute atomic E-state index is 12.0. The van der Waals surface area contributed by atoms with E-state index in [1.807, 2.05) is 11.8 Å². The van der Waals surface area contributed by atoms with Crippen molar-refractivity contribution in [2.45, 2.75) is 44.3 Å². The van der Waals surface area contributed by atoms with E-state index in [4.69, 9.17) is 5.73 Å². The van der Waals surface area contributed by atoms with Crippen LogP contribution in [-0.2, 0) is 4.79 Å². The van der Waals surface area contributed by atoms with Crippen LogP contribution in [0.15, 0.2) is 0 Å². The van der Waals surface area contributed by atoms with Crippen molar-refractivity contribution in [3.63, 3.8) is 0 Å². The molecule has 2 aliphatic rings. The zero-order valence-electron chi connectivity index (χ0n) is 9.11. The third kappa shape index (κ3) is 2.44. The lowest BCUT2D eigenvalue weighted by Crippen LogP contribution is -2.47. The van der Waals surface area contributed by atoms with E-state index in [1.165, 1.54) is 0 Å². The summed E-state index contributed by atoms with van der Waals surface area (Å²) >= 11 is 0. The zero-order chi connectivity index (χ0) is 10.1. The van der Waals surface area contributed by atoms with Crippen molar-refractivity contribution in [2.24, 2.45) is 5.73 Å². The van der Waals surface area contributed by atoms with Gasteiger partial charge < -0.3 is 16.0 Å². The lowest BCUT2D eigenvalue weighted by Gasteiger charge is -2.26. The quantitative estimate of drug-likeness (QED) is 0.676. The van der Waals surface area contributed by atoms with E-state index in [0.717, 1.165) is 32.4 Å². The number of likely N-dealkylation sites (tertiary alicyclic amines) is 1. The summed E-state index contributed by atoms with van der Waals surface area (Å²) < 4.78 is 0. The number of nitrogens with zero attached hydrogens (tertiary/aromatic N) is 1. The van der Waals surface area contributed by atoms with Gasteiger partial charge in [-0.2, -0.15) is 0 Å². The molecule has 0 radical (unpaired) electrons. The lowest BCUT2D eigenvalue weighted by molar-refractivity contribution is -0.133. The maximum Gasteiger partial charge on any atom is 0.240 e. The number of carbonyl (C=O) groups excluding carboxylic acids is 1. The smallest absolute Gasteiger partial charge is 0.240 e. The number of amides is 1. The van der Waals surface area contributed by atoms with Crippen LogP contribution in [0.5, 0.6) is 0 Å². The van der Waals surface area contributed by atoms with Crippen LogP contribution in [0.2, 0.25) is 0 Å². The standard InChI is InChI=1S/C10H19N3O.ClH/c1-7-8(11)4-6-13(7)10(14)9-3-2-5-12-9;/h7-9,12H,2-6,11H2,1H3;1H. The van der Waals surface area contributed by atoms with Gasteiger partial charge in [0.15, 0.2) is 0 Å². The Bertz CT molecular complexity index is 231. The van der Waals surface area contributed by atoms with Gasteiger partial charge in [-0.15, -0.1) is 12.4 Å². The molecule has 2 rings (SSSR count). The van der Waals surface area contributed by atoms with E-state index in [0.29, 0.717) is 0 Å². The number of rotatable bonds is 1. The van der Waals surface area contributed by atoms with Crippen LogP contribution in [0.4, 0.5) is 0 Å². The Hall–Kier alpha value is -0.320. The summed E-state index contributed by atoms with van der Waals surface area (Å²) in [5, 5.41) is 3.24. The van der Waals surface area contributed by atoms with Crippen molar-refractivity contribution in [3.05, 3.63) is 0 Å². The van der Waals surface area contributed by atoms with E-state index in [1.54, 1.807) is 0 Å².